The molecule has 0 saturated heterocycles. The van der Waals surface area contributed by atoms with Crippen molar-refractivity contribution in [1.29, 1.82) is 0 Å². The van der Waals surface area contributed by atoms with Gasteiger partial charge >= 0.3 is 0 Å². The fraction of sp³-hybridized carbons (Fsp3) is 0.278. The van der Waals surface area contributed by atoms with E-state index in [0.29, 0.717) is 28.7 Å². The molecule has 0 unspecified atom stereocenters. The molecular weight excluding hydrogens is 310 g/mol. The second kappa shape index (κ2) is 8.10. The van der Waals surface area contributed by atoms with Gasteiger partial charge in [0.05, 0.1) is 34.9 Å². The number of hydrogen-bond donors (Lipinski definition) is 1. The lowest BCUT2D eigenvalue weighted by atomic mass is 10.1. The Labute approximate surface area is 141 Å². The molecule has 0 saturated carbocycles. The first kappa shape index (κ1) is 17.5. The van der Waals surface area contributed by atoms with Crippen LogP contribution in [0.4, 0.5) is 5.69 Å². The average molecular weight is 331 g/mol. The van der Waals surface area contributed by atoms with Crippen LogP contribution in [0, 0.1) is 0 Å². The van der Waals surface area contributed by atoms with Gasteiger partial charge in [-0.2, -0.15) is 0 Å². The molecule has 0 atom stereocenters. The zero-order valence-electron chi connectivity index (χ0n) is 14.2. The summed E-state index contributed by atoms with van der Waals surface area (Å²) in [5, 5.41) is 2.83. The van der Waals surface area contributed by atoms with Crippen LogP contribution in [0.1, 0.15) is 5.56 Å². The van der Waals surface area contributed by atoms with E-state index >= 15 is 0 Å². The van der Waals surface area contributed by atoms with Gasteiger partial charge in [0.15, 0.2) is 0 Å². The molecule has 0 aliphatic heterocycles. The number of anilines is 1. The first-order chi connectivity index (χ1) is 11.6. The van der Waals surface area contributed by atoms with Crippen LogP contribution in [0.25, 0.3) is 0 Å². The Hall–Kier alpha value is -2.89. The van der Waals surface area contributed by atoms with E-state index in [1.54, 1.807) is 26.4 Å². The van der Waals surface area contributed by atoms with Crippen molar-refractivity contribution >= 4 is 11.6 Å². The number of carbonyl (C=O) groups is 1. The molecule has 0 heterocycles. The first-order valence-electron chi connectivity index (χ1n) is 7.34. The largest absolute Gasteiger partial charge is 0.496 e. The Bertz CT molecular complexity index is 689. The topological polar surface area (TPSA) is 66.0 Å². The summed E-state index contributed by atoms with van der Waals surface area (Å²) in [4.78, 5) is 12.4. The lowest BCUT2D eigenvalue weighted by Gasteiger charge is -2.16. The lowest BCUT2D eigenvalue weighted by molar-refractivity contribution is -0.115. The number of para-hydroxylation sites is 1. The minimum absolute atomic E-state index is 0.169. The van der Waals surface area contributed by atoms with Crippen LogP contribution >= 0.6 is 0 Å². The molecule has 1 N–H and O–H groups in total. The molecule has 2 aromatic rings. The molecule has 0 bridgehead atoms. The molecular formula is C18H21NO5. The van der Waals surface area contributed by atoms with Crippen LogP contribution in [0.3, 0.4) is 0 Å². The van der Waals surface area contributed by atoms with Gasteiger partial charge in [0, 0.05) is 17.7 Å². The number of carbonyl (C=O) groups excluding carboxylic acids is 1. The van der Waals surface area contributed by atoms with Crippen molar-refractivity contribution in [3.8, 4) is 23.0 Å². The highest BCUT2D eigenvalue weighted by Gasteiger charge is 2.17. The molecule has 0 aromatic heterocycles. The molecule has 0 spiro atoms. The van der Waals surface area contributed by atoms with Crippen molar-refractivity contribution in [2.75, 3.05) is 33.8 Å². The van der Waals surface area contributed by atoms with Gasteiger partial charge in [-0.05, 0) is 6.07 Å². The van der Waals surface area contributed by atoms with Crippen molar-refractivity contribution in [1.82, 2.24) is 0 Å². The maximum Gasteiger partial charge on any atom is 0.229 e. The summed E-state index contributed by atoms with van der Waals surface area (Å²) in [6.45, 7) is 0. The molecule has 0 aliphatic rings. The van der Waals surface area contributed by atoms with Gasteiger partial charge in [-0.25, -0.2) is 0 Å². The lowest BCUT2D eigenvalue weighted by Crippen LogP contribution is -2.16. The Morgan fingerprint density at radius 2 is 1.46 bits per heavy atom. The second-order valence-corrected chi connectivity index (χ2v) is 4.94. The minimum atomic E-state index is -0.207. The van der Waals surface area contributed by atoms with Gasteiger partial charge in [-0.3, -0.25) is 4.79 Å². The fourth-order valence-electron chi connectivity index (χ4n) is 2.33. The Balaban J connectivity index is 2.25. The molecule has 6 nitrogen and oxygen atoms in total. The number of nitrogens with one attached hydrogen (secondary N) is 1. The van der Waals surface area contributed by atoms with Gasteiger partial charge in [-0.1, -0.05) is 18.2 Å². The van der Waals surface area contributed by atoms with E-state index in [0.717, 1.165) is 5.56 Å². The van der Waals surface area contributed by atoms with Crippen molar-refractivity contribution < 1.29 is 23.7 Å². The van der Waals surface area contributed by atoms with E-state index in [9.17, 15) is 4.79 Å². The van der Waals surface area contributed by atoms with E-state index in [-0.39, 0.29) is 12.3 Å². The molecule has 0 aliphatic carbocycles. The SMILES string of the molecule is COc1cc(OC)c(NC(=O)Cc2ccccc2OC)c(OC)c1. The minimum Gasteiger partial charge on any atom is -0.496 e. The van der Waals surface area contributed by atoms with Crippen molar-refractivity contribution in [2.45, 2.75) is 6.42 Å². The summed E-state index contributed by atoms with van der Waals surface area (Å²) in [5.74, 6) is 1.95. The summed E-state index contributed by atoms with van der Waals surface area (Å²) >= 11 is 0. The van der Waals surface area contributed by atoms with Crippen LogP contribution < -0.4 is 24.3 Å². The third kappa shape index (κ3) is 3.90. The van der Waals surface area contributed by atoms with Gasteiger partial charge < -0.3 is 24.3 Å². The second-order valence-electron chi connectivity index (χ2n) is 4.94. The normalized spacial score (nSPS) is 10.0. The molecule has 2 aromatic carbocycles. The predicted octanol–water partition coefficient (Wildman–Crippen LogP) is 2.90. The monoisotopic (exact) mass is 331 g/mol. The molecule has 0 fully saturated rings. The number of methoxy groups -OCH3 is 4. The maximum atomic E-state index is 12.4. The standard InChI is InChI=1S/C18H21NO5/c1-21-13-10-15(23-3)18(16(11-13)24-4)19-17(20)9-12-7-5-6-8-14(12)22-2/h5-8,10-11H,9H2,1-4H3,(H,19,20). The molecule has 0 radical (unpaired) electrons. The molecule has 128 valence electrons. The Kier molecular flexibility index (Phi) is 5.89. The van der Waals surface area contributed by atoms with Crippen LogP contribution in [0.5, 0.6) is 23.0 Å². The quantitative estimate of drug-likeness (QED) is 0.845. The van der Waals surface area contributed by atoms with Crippen molar-refractivity contribution in [3.63, 3.8) is 0 Å². The maximum absolute atomic E-state index is 12.4. The van der Waals surface area contributed by atoms with Crippen LogP contribution in [-0.4, -0.2) is 34.3 Å². The predicted molar refractivity (Wildman–Crippen MR) is 91.4 cm³/mol. The summed E-state index contributed by atoms with van der Waals surface area (Å²) in [7, 11) is 6.16. The number of benzene rings is 2. The first-order valence-corrected chi connectivity index (χ1v) is 7.34. The van der Waals surface area contributed by atoms with Gasteiger partial charge in [0.2, 0.25) is 5.91 Å². The van der Waals surface area contributed by atoms with Crippen LogP contribution in [0.15, 0.2) is 36.4 Å². The highest BCUT2D eigenvalue weighted by Crippen LogP contribution is 2.39. The van der Waals surface area contributed by atoms with E-state index in [1.165, 1.54) is 14.2 Å². The fourth-order valence-corrected chi connectivity index (χ4v) is 2.33. The third-order valence-corrected chi connectivity index (χ3v) is 3.52. The number of rotatable bonds is 7. The van der Waals surface area contributed by atoms with E-state index < -0.39 is 0 Å². The van der Waals surface area contributed by atoms with Crippen molar-refractivity contribution in [3.05, 3.63) is 42.0 Å². The summed E-state index contributed by atoms with van der Waals surface area (Å²) in [6.07, 6.45) is 0.169. The summed E-state index contributed by atoms with van der Waals surface area (Å²) < 4.78 is 21.1. The van der Waals surface area contributed by atoms with Crippen LogP contribution in [-0.2, 0) is 11.2 Å². The summed E-state index contributed by atoms with van der Waals surface area (Å²) in [5.41, 5.74) is 1.25. The zero-order chi connectivity index (χ0) is 17.5. The zero-order valence-corrected chi connectivity index (χ0v) is 14.2. The number of amides is 1. The van der Waals surface area contributed by atoms with Gasteiger partial charge in [0.1, 0.15) is 28.7 Å². The smallest absolute Gasteiger partial charge is 0.229 e. The highest BCUT2D eigenvalue weighted by molar-refractivity contribution is 5.96. The van der Waals surface area contributed by atoms with Crippen LogP contribution in [0.2, 0.25) is 0 Å². The third-order valence-electron chi connectivity index (χ3n) is 3.52. The molecule has 2 rings (SSSR count). The summed E-state index contributed by atoms with van der Waals surface area (Å²) in [6, 6.07) is 10.7. The average Bonchev–Trinajstić information content (AvgIpc) is 2.62. The van der Waals surface area contributed by atoms with E-state index in [1.807, 2.05) is 24.3 Å². The van der Waals surface area contributed by atoms with E-state index in [2.05, 4.69) is 5.32 Å². The number of hydrogen-bond acceptors (Lipinski definition) is 5. The van der Waals surface area contributed by atoms with Gasteiger partial charge in [0.25, 0.3) is 0 Å². The van der Waals surface area contributed by atoms with Crippen molar-refractivity contribution in [2.24, 2.45) is 0 Å². The molecule has 6 heteroatoms. The Morgan fingerprint density at radius 3 is 2.00 bits per heavy atom. The highest BCUT2D eigenvalue weighted by atomic mass is 16.5. The number of ether oxygens (including phenoxy) is 4. The van der Waals surface area contributed by atoms with E-state index in [4.69, 9.17) is 18.9 Å². The van der Waals surface area contributed by atoms with Gasteiger partial charge in [-0.15, -0.1) is 0 Å². The molecule has 24 heavy (non-hydrogen) atoms. The molecule has 1 amide bonds. The Morgan fingerprint density at radius 1 is 0.875 bits per heavy atom.